The number of hydrogen-bond donors (Lipinski definition) is 1. The Morgan fingerprint density at radius 3 is 2.39 bits per heavy atom. The molecule has 18 heavy (non-hydrogen) atoms. The van der Waals surface area contributed by atoms with Gasteiger partial charge in [-0.2, -0.15) is 0 Å². The number of hydrogen-bond acceptors (Lipinski definition) is 2. The SMILES string of the molecule is COc1cc(C(=O)O)ccc1-c1ccc(F)cc1. The van der Waals surface area contributed by atoms with E-state index >= 15 is 0 Å². The van der Waals surface area contributed by atoms with Crippen molar-refractivity contribution in [2.24, 2.45) is 0 Å². The Balaban J connectivity index is 2.50. The fraction of sp³-hybridized carbons (Fsp3) is 0.0714. The van der Waals surface area contributed by atoms with Gasteiger partial charge >= 0.3 is 5.97 Å². The molecule has 2 aromatic rings. The van der Waals surface area contributed by atoms with Crippen LogP contribution in [0, 0.1) is 5.82 Å². The zero-order valence-corrected chi connectivity index (χ0v) is 9.68. The van der Waals surface area contributed by atoms with Crippen LogP contribution in [-0.2, 0) is 0 Å². The molecule has 0 saturated carbocycles. The zero-order valence-electron chi connectivity index (χ0n) is 9.68. The summed E-state index contributed by atoms with van der Waals surface area (Å²) in [6.07, 6.45) is 0. The number of ether oxygens (including phenoxy) is 1. The molecule has 0 amide bonds. The van der Waals surface area contributed by atoms with Gasteiger partial charge in [-0.25, -0.2) is 9.18 Å². The van der Waals surface area contributed by atoms with Gasteiger partial charge in [0, 0.05) is 5.56 Å². The molecule has 0 unspecified atom stereocenters. The van der Waals surface area contributed by atoms with Crippen molar-refractivity contribution in [1.29, 1.82) is 0 Å². The minimum absolute atomic E-state index is 0.151. The maximum atomic E-state index is 12.8. The van der Waals surface area contributed by atoms with Gasteiger partial charge in [0.1, 0.15) is 11.6 Å². The van der Waals surface area contributed by atoms with Crippen LogP contribution in [0.1, 0.15) is 10.4 Å². The number of halogens is 1. The van der Waals surface area contributed by atoms with Crippen molar-refractivity contribution in [3.8, 4) is 16.9 Å². The van der Waals surface area contributed by atoms with Crippen LogP contribution < -0.4 is 4.74 Å². The van der Waals surface area contributed by atoms with E-state index in [0.717, 1.165) is 11.1 Å². The second kappa shape index (κ2) is 4.87. The van der Waals surface area contributed by atoms with Crippen LogP contribution in [0.25, 0.3) is 11.1 Å². The van der Waals surface area contributed by atoms with Crippen LogP contribution in [0.2, 0.25) is 0 Å². The van der Waals surface area contributed by atoms with Gasteiger partial charge in [0.05, 0.1) is 12.7 Å². The minimum atomic E-state index is -1.01. The van der Waals surface area contributed by atoms with Gasteiger partial charge in [0.25, 0.3) is 0 Å². The van der Waals surface area contributed by atoms with Crippen molar-refractivity contribution in [3.05, 3.63) is 53.8 Å². The van der Waals surface area contributed by atoms with Crippen molar-refractivity contribution in [1.82, 2.24) is 0 Å². The van der Waals surface area contributed by atoms with E-state index in [1.165, 1.54) is 31.4 Å². The molecule has 0 aliphatic rings. The summed E-state index contributed by atoms with van der Waals surface area (Å²) in [4.78, 5) is 10.9. The highest BCUT2D eigenvalue weighted by Gasteiger charge is 2.10. The summed E-state index contributed by atoms with van der Waals surface area (Å²) in [6, 6.07) is 10.5. The molecule has 0 fully saturated rings. The lowest BCUT2D eigenvalue weighted by Crippen LogP contribution is -1.98. The van der Waals surface area contributed by atoms with Gasteiger partial charge in [0.2, 0.25) is 0 Å². The lowest BCUT2D eigenvalue weighted by atomic mass is 10.0. The molecule has 0 heterocycles. The van der Waals surface area contributed by atoms with Crippen LogP contribution in [0.3, 0.4) is 0 Å². The molecule has 3 nitrogen and oxygen atoms in total. The van der Waals surface area contributed by atoms with Gasteiger partial charge in [0.15, 0.2) is 0 Å². The number of carbonyl (C=O) groups is 1. The first kappa shape index (κ1) is 12.1. The predicted molar refractivity (Wildman–Crippen MR) is 65.3 cm³/mol. The summed E-state index contributed by atoms with van der Waals surface area (Å²) in [5, 5.41) is 8.90. The highest BCUT2D eigenvalue weighted by molar-refractivity contribution is 5.89. The molecule has 0 bridgehead atoms. The lowest BCUT2D eigenvalue weighted by molar-refractivity contribution is 0.0696. The molecule has 0 aliphatic carbocycles. The summed E-state index contributed by atoms with van der Waals surface area (Å²) in [6.45, 7) is 0. The van der Waals surface area contributed by atoms with Crippen molar-refractivity contribution in [2.75, 3.05) is 7.11 Å². The second-order valence-corrected chi connectivity index (χ2v) is 3.73. The summed E-state index contributed by atoms with van der Waals surface area (Å²) in [5.74, 6) is -0.889. The third kappa shape index (κ3) is 2.32. The Morgan fingerprint density at radius 2 is 1.83 bits per heavy atom. The first-order chi connectivity index (χ1) is 8.61. The molecular weight excluding hydrogens is 235 g/mol. The number of carboxylic acid groups (broad SMARTS) is 1. The summed E-state index contributed by atoms with van der Waals surface area (Å²) in [7, 11) is 1.47. The van der Waals surface area contributed by atoms with Crippen molar-refractivity contribution in [2.45, 2.75) is 0 Å². The second-order valence-electron chi connectivity index (χ2n) is 3.73. The quantitative estimate of drug-likeness (QED) is 0.904. The summed E-state index contributed by atoms with van der Waals surface area (Å²) in [5.41, 5.74) is 1.64. The van der Waals surface area contributed by atoms with Crippen molar-refractivity contribution >= 4 is 5.97 Å². The predicted octanol–water partition coefficient (Wildman–Crippen LogP) is 3.20. The molecular formula is C14H11FO3. The molecule has 92 valence electrons. The molecule has 0 atom stereocenters. The van der Waals surface area contributed by atoms with Gasteiger partial charge < -0.3 is 9.84 Å². The Bertz CT molecular complexity index is 576. The Morgan fingerprint density at radius 1 is 1.17 bits per heavy atom. The molecule has 0 spiro atoms. The van der Waals surface area contributed by atoms with Crippen molar-refractivity contribution in [3.63, 3.8) is 0 Å². The maximum absolute atomic E-state index is 12.8. The van der Waals surface area contributed by atoms with E-state index in [4.69, 9.17) is 9.84 Å². The highest BCUT2D eigenvalue weighted by Crippen LogP contribution is 2.30. The molecule has 2 rings (SSSR count). The monoisotopic (exact) mass is 246 g/mol. The molecule has 1 N–H and O–H groups in total. The highest BCUT2D eigenvalue weighted by atomic mass is 19.1. The average Bonchev–Trinajstić information content (AvgIpc) is 2.39. The topological polar surface area (TPSA) is 46.5 Å². The minimum Gasteiger partial charge on any atom is -0.496 e. The van der Waals surface area contributed by atoms with Gasteiger partial charge in [-0.15, -0.1) is 0 Å². The fourth-order valence-electron chi connectivity index (χ4n) is 1.69. The Kier molecular flexibility index (Phi) is 3.28. The van der Waals surface area contributed by atoms with Crippen LogP contribution in [-0.4, -0.2) is 18.2 Å². The third-order valence-corrected chi connectivity index (χ3v) is 2.60. The third-order valence-electron chi connectivity index (χ3n) is 2.60. The summed E-state index contributed by atoms with van der Waals surface area (Å²) < 4.78 is 18.0. The first-order valence-electron chi connectivity index (χ1n) is 5.29. The first-order valence-corrected chi connectivity index (χ1v) is 5.29. The van der Waals surface area contributed by atoms with E-state index in [1.54, 1.807) is 18.2 Å². The number of rotatable bonds is 3. The zero-order chi connectivity index (χ0) is 13.1. The maximum Gasteiger partial charge on any atom is 0.335 e. The molecule has 2 aromatic carbocycles. The van der Waals surface area contributed by atoms with E-state index in [0.29, 0.717) is 5.75 Å². The van der Waals surface area contributed by atoms with Gasteiger partial charge in [-0.1, -0.05) is 12.1 Å². The van der Waals surface area contributed by atoms with Crippen molar-refractivity contribution < 1.29 is 19.0 Å². The standard InChI is InChI=1S/C14H11FO3/c1-18-13-8-10(14(16)17)4-7-12(13)9-2-5-11(15)6-3-9/h2-8H,1H3,(H,16,17). The average molecular weight is 246 g/mol. The number of benzene rings is 2. The van der Waals surface area contributed by atoms with E-state index in [2.05, 4.69) is 0 Å². The lowest BCUT2D eigenvalue weighted by Gasteiger charge is -2.09. The largest absolute Gasteiger partial charge is 0.496 e. The molecule has 0 radical (unpaired) electrons. The molecule has 0 aliphatic heterocycles. The van der Waals surface area contributed by atoms with Gasteiger partial charge in [-0.3, -0.25) is 0 Å². The van der Waals surface area contributed by atoms with E-state index < -0.39 is 5.97 Å². The van der Waals surface area contributed by atoms with Crippen LogP contribution in [0.15, 0.2) is 42.5 Å². The van der Waals surface area contributed by atoms with E-state index in [1.807, 2.05) is 0 Å². The van der Waals surface area contributed by atoms with E-state index in [-0.39, 0.29) is 11.4 Å². The van der Waals surface area contributed by atoms with Gasteiger partial charge in [-0.05, 0) is 35.9 Å². The van der Waals surface area contributed by atoms with Crippen LogP contribution >= 0.6 is 0 Å². The normalized spacial score (nSPS) is 10.1. The number of methoxy groups -OCH3 is 1. The number of carboxylic acids is 1. The van der Waals surface area contributed by atoms with E-state index in [9.17, 15) is 9.18 Å². The molecule has 0 saturated heterocycles. The Labute approximate surface area is 103 Å². The summed E-state index contributed by atoms with van der Waals surface area (Å²) >= 11 is 0. The van der Waals surface area contributed by atoms with Crippen LogP contribution in [0.4, 0.5) is 4.39 Å². The Hall–Kier alpha value is -2.36. The molecule has 4 heteroatoms. The molecule has 0 aromatic heterocycles. The smallest absolute Gasteiger partial charge is 0.335 e. The fourth-order valence-corrected chi connectivity index (χ4v) is 1.69. The number of aromatic carboxylic acids is 1. The van der Waals surface area contributed by atoms with Crippen LogP contribution in [0.5, 0.6) is 5.75 Å².